The monoisotopic (exact) mass is 268 g/mol. The summed E-state index contributed by atoms with van der Waals surface area (Å²) in [7, 11) is 0. The van der Waals surface area contributed by atoms with Crippen molar-refractivity contribution in [2.45, 2.75) is 20.5 Å². The summed E-state index contributed by atoms with van der Waals surface area (Å²) in [5, 5.41) is 0. The van der Waals surface area contributed by atoms with Gasteiger partial charge < -0.3 is 9.53 Å². The summed E-state index contributed by atoms with van der Waals surface area (Å²) in [6.07, 6.45) is 0.731. The zero-order valence-electron chi connectivity index (χ0n) is 10.7. The van der Waals surface area contributed by atoms with Crippen LogP contribution in [0.15, 0.2) is 18.2 Å². The van der Waals surface area contributed by atoms with E-state index in [1.807, 2.05) is 0 Å². The van der Waals surface area contributed by atoms with Gasteiger partial charge in [0.05, 0.1) is 5.92 Å². The number of aldehydes is 1. The number of halogens is 2. The van der Waals surface area contributed by atoms with Gasteiger partial charge in [-0.3, -0.25) is 4.79 Å². The Labute approximate surface area is 109 Å². The fourth-order valence-corrected chi connectivity index (χ4v) is 2.28. The number of carbonyl (C=O) groups excluding carboxylic acids is 2. The van der Waals surface area contributed by atoms with Crippen LogP contribution in [0.5, 0.6) is 0 Å². The van der Waals surface area contributed by atoms with Gasteiger partial charge in [0.1, 0.15) is 12.9 Å². The molecule has 2 rings (SSSR count). The number of ether oxygens (including phenoxy) is 1. The molecule has 1 aromatic rings. The van der Waals surface area contributed by atoms with Gasteiger partial charge in [-0.25, -0.2) is 8.78 Å². The summed E-state index contributed by atoms with van der Waals surface area (Å²) in [6.45, 7) is 3.25. The van der Waals surface area contributed by atoms with E-state index in [1.165, 1.54) is 12.1 Å². The summed E-state index contributed by atoms with van der Waals surface area (Å²) in [5.41, 5.74) is -0.436. The molecule has 0 bridgehead atoms. The molecule has 0 saturated heterocycles. The maximum atomic E-state index is 13.3. The first-order valence-corrected chi connectivity index (χ1v) is 5.94. The minimum Gasteiger partial charge on any atom is -0.460 e. The second kappa shape index (κ2) is 4.72. The van der Waals surface area contributed by atoms with E-state index in [-0.39, 0.29) is 18.1 Å². The molecule has 1 aromatic carbocycles. The first-order valence-electron chi connectivity index (χ1n) is 5.94. The maximum absolute atomic E-state index is 13.3. The van der Waals surface area contributed by atoms with Crippen molar-refractivity contribution in [2.75, 3.05) is 0 Å². The van der Waals surface area contributed by atoms with Gasteiger partial charge in [0.15, 0.2) is 11.6 Å². The van der Waals surface area contributed by atoms with E-state index < -0.39 is 28.9 Å². The van der Waals surface area contributed by atoms with Crippen LogP contribution in [0.1, 0.15) is 19.4 Å². The molecule has 102 valence electrons. The lowest BCUT2D eigenvalue weighted by Gasteiger charge is -2.07. The zero-order chi connectivity index (χ0) is 14.2. The first kappa shape index (κ1) is 13.6. The van der Waals surface area contributed by atoms with Crippen LogP contribution in [-0.4, -0.2) is 12.3 Å². The van der Waals surface area contributed by atoms with Crippen LogP contribution in [0.2, 0.25) is 0 Å². The molecule has 5 heteroatoms. The lowest BCUT2D eigenvalue weighted by atomic mass is 10.1. The molecule has 0 N–H and O–H groups in total. The number of esters is 1. The van der Waals surface area contributed by atoms with Crippen molar-refractivity contribution in [3.63, 3.8) is 0 Å². The molecule has 0 spiro atoms. The van der Waals surface area contributed by atoms with Crippen LogP contribution in [0.3, 0.4) is 0 Å². The number of hydrogen-bond donors (Lipinski definition) is 0. The highest BCUT2D eigenvalue weighted by Gasteiger charge is 2.62. The molecule has 0 aliphatic heterocycles. The van der Waals surface area contributed by atoms with E-state index in [0.717, 1.165) is 12.4 Å². The Morgan fingerprint density at radius 2 is 2.11 bits per heavy atom. The second-order valence-corrected chi connectivity index (χ2v) is 5.28. The molecule has 2 atom stereocenters. The third-order valence-corrected chi connectivity index (χ3v) is 3.71. The summed E-state index contributed by atoms with van der Waals surface area (Å²) in [5.74, 6) is -3.41. The van der Waals surface area contributed by atoms with E-state index >= 15 is 0 Å². The highest BCUT2D eigenvalue weighted by molar-refractivity contribution is 5.84. The molecule has 1 aliphatic rings. The summed E-state index contributed by atoms with van der Waals surface area (Å²) >= 11 is 0. The predicted octanol–water partition coefficient (Wildman–Crippen LogP) is 2.48. The Kier molecular flexibility index (Phi) is 3.39. The van der Waals surface area contributed by atoms with Gasteiger partial charge in [-0.05, 0) is 11.5 Å². The number of hydrogen-bond acceptors (Lipinski definition) is 3. The smallest absolute Gasteiger partial charge is 0.310 e. The molecular weight excluding hydrogens is 254 g/mol. The van der Waals surface area contributed by atoms with Crippen LogP contribution >= 0.6 is 0 Å². The normalized spacial score (nSPS) is 23.8. The molecule has 19 heavy (non-hydrogen) atoms. The lowest BCUT2D eigenvalue weighted by Crippen LogP contribution is -2.11. The van der Waals surface area contributed by atoms with Crippen LogP contribution in [-0.2, 0) is 20.9 Å². The third-order valence-electron chi connectivity index (χ3n) is 3.71. The van der Waals surface area contributed by atoms with E-state index in [9.17, 15) is 18.4 Å². The van der Waals surface area contributed by atoms with Crippen molar-refractivity contribution in [3.8, 4) is 0 Å². The van der Waals surface area contributed by atoms with Crippen molar-refractivity contribution >= 4 is 12.3 Å². The van der Waals surface area contributed by atoms with Crippen LogP contribution < -0.4 is 0 Å². The van der Waals surface area contributed by atoms with E-state index in [2.05, 4.69) is 0 Å². The number of carbonyl (C=O) groups is 2. The standard InChI is InChI=1S/C14H14F2O3/c1-14(2)9(6-17)11(14)13(18)19-7-8-4-3-5-10(15)12(8)16/h3-6,9,11H,7H2,1-2H3. The Morgan fingerprint density at radius 1 is 1.42 bits per heavy atom. The van der Waals surface area contributed by atoms with Gasteiger partial charge in [0.2, 0.25) is 0 Å². The first-order chi connectivity index (χ1) is 8.89. The van der Waals surface area contributed by atoms with Gasteiger partial charge in [-0.1, -0.05) is 26.0 Å². The van der Waals surface area contributed by atoms with Gasteiger partial charge in [-0.2, -0.15) is 0 Å². The van der Waals surface area contributed by atoms with E-state index in [0.29, 0.717) is 0 Å². The minimum atomic E-state index is -1.02. The van der Waals surface area contributed by atoms with E-state index in [1.54, 1.807) is 13.8 Å². The van der Waals surface area contributed by atoms with Gasteiger partial charge in [-0.15, -0.1) is 0 Å². The maximum Gasteiger partial charge on any atom is 0.310 e. The Morgan fingerprint density at radius 3 is 2.68 bits per heavy atom. The fraction of sp³-hybridized carbons (Fsp3) is 0.429. The minimum absolute atomic E-state index is 0.0190. The average molecular weight is 268 g/mol. The van der Waals surface area contributed by atoms with Crippen LogP contribution in [0.4, 0.5) is 8.78 Å². The molecule has 1 saturated carbocycles. The highest BCUT2D eigenvalue weighted by atomic mass is 19.2. The molecule has 0 amide bonds. The van der Waals surface area contributed by atoms with Gasteiger partial charge in [0, 0.05) is 11.5 Å². The molecule has 2 unspecified atom stereocenters. The van der Waals surface area contributed by atoms with Crippen molar-refractivity contribution in [1.82, 2.24) is 0 Å². The quantitative estimate of drug-likeness (QED) is 0.622. The molecule has 1 fully saturated rings. The molecule has 1 aliphatic carbocycles. The predicted molar refractivity (Wildman–Crippen MR) is 63.0 cm³/mol. The molecular formula is C14H14F2O3. The summed E-state index contributed by atoms with van der Waals surface area (Å²) in [4.78, 5) is 22.5. The SMILES string of the molecule is CC1(C)C(C=O)C1C(=O)OCc1cccc(F)c1F. The van der Waals surface area contributed by atoms with Crippen molar-refractivity contribution in [1.29, 1.82) is 0 Å². The van der Waals surface area contributed by atoms with Crippen molar-refractivity contribution in [3.05, 3.63) is 35.4 Å². The molecule has 0 aromatic heterocycles. The fourth-order valence-electron chi connectivity index (χ4n) is 2.28. The third kappa shape index (κ3) is 2.37. The average Bonchev–Trinajstić information content (AvgIpc) is 2.92. The van der Waals surface area contributed by atoms with Crippen LogP contribution in [0.25, 0.3) is 0 Å². The van der Waals surface area contributed by atoms with Crippen molar-refractivity contribution < 1.29 is 23.1 Å². The Balaban J connectivity index is 1.99. The number of benzene rings is 1. The zero-order valence-corrected chi connectivity index (χ0v) is 10.7. The molecule has 3 nitrogen and oxygen atoms in total. The van der Waals surface area contributed by atoms with Gasteiger partial charge in [0.25, 0.3) is 0 Å². The Bertz CT molecular complexity index is 525. The lowest BCUT2D eigenvalue weighted by molar-refractivity contribution is -0.148. The summed E-state index contributed by atoms with van der Waals surface area (Å²) in [6, 6.07) is 3.69. The van der Waals surface area contributed by atoms with Gasteiger partial charge >= 0.3 is 5.97 Å². The Hall–Kier alpha value is -1.78. The highest BCUT2D eigenvalue weighted by Crippen LogP contribution is 2.57. The summed E-state index contributed by atoms with van der Waals surface area (Å²) < 4.78 is 31.2. The number of rotatable bonds is 4. The largest absolute Gasteiger partial charge is 0.460 e. The topological polar surface area (TPSA) is 43.4 Å². The van der Waals surface area contributed by atoms with Crippen molar-refractivity contribution in [2.24, 2.45) is 17.3 Å². The molecule has 0 radical (unpaired) electrons. The second-order valence-electron chi connectivity index (χ2n) is 5.28. The molecule has 0 heterocycles. The van der Waals surface area contributed by atoms with E-state index in [4.69, 9.17) is 4.74 Å². The van der Waals surface area contributed by atoms with Crippen LogP contribution in [0, 0.1) is 28.9 Å².